The summed E-state index contributed by atoms with van der Waals surface area (Å²) in [7, 11) is 1.84. The van der Waals surface area contributed by atoms with Gasteiger partial charge in [0, 0.05) is 31.3 Å². The topological polar surface area (TPSA) is 84.3 Å². The lowest BCUT2D eigenvalue weighted by atomic mass is 10.1. The molecule has 0 radical (unpaired) electrons. The number of aromatic nitrogens is 2. The lowest BCUT2D eigenvalue weighted by molar-refractivity contribution is -0.121. The summed E-state index contributed by atoms with van der Waals surface area (Å²) in [4.78, 5) is 38.2. The number of carbonyl (C=O) groups is 3. The second-order valence-electron chi connectivity index (χ2n) is 6.66. The Bertz CT molecular complexity index is 900. The van der Waals surface area contributed by atoms with Crippen LogP contribution >= 0.6 is 0 Å². The maximum atomic E-state index is 12.4. The first-order chi connectivity index (χ1) is 12.3. The van der Waals surface area contributed by atoms with Crippen LogP contribution in [-0.4, -0.2) is 38.9 Å². The van der Waals surface area contributed by atoms with Gasteiger partial charge >= 0.3 is 0 Å². The fourth-order valence-corrected chi connectivity index (χ4v) is 3.15. The van der Waals surface area contributed by atoms with Gasteiger partial charge in [0.15, 0.2) is 0 Å². The highest BCUT2D eigenvalue weighted by molar-refractivity contribution is 6.21. The maximum absolute atomic E-state index is 12.4. The average Bonchev–Trinajstić information content (AvgIpc) is 3.04. The Morgan fingerprint density at radius 3 is 2.54 bits per heavy atom. The highest BCUT2D eigenvalue weighted by Crippen LogP contribution is 2.24. The van der Waals surface area contributed by atoms with Gasteiger partial charge in [-0.3, -0.25) is 24.0 Å². The van der Waals surface area contributed by atoms with E-state index in [1.807, 2.05) is 27.8 Å². The van der Waals surface area contributed by atoms with Gasteiger partial charge in [0.1, 0.15) is 0 Å². The van der Waals surface area contributed by atoms with Crippen molar-refractivity contribution in [2.24, 2.45) is 7.05 Å². The van der Waals surface area contributed by atoms with Crippen molar-refractivity contribution in [2.75, 3.05) is 6.54 Å². The highest BCUT2D eigenvalue weighted by atomic mass is 16.2. The van der Waals surface area contributed by atoms with Crippen LogP contribution < -0.4 is 5.32 Å². The molecule has 0 fully saturated rings. The van der Waals surface area contributed by atoms with Gasteiger partial charge in [0.2, 0.25) is 5.91 Å². The number of imide groups is 1. The maximum Gasteiger partial charge on any atom is 0.261 e. The minimum atomic E-state index is -0.339. The quantitative estimate of drug-likeness (QED) is 0.831. The number of fused-ring (bicyclic) bond motifs is 1. The van der Waals surface area contributed by atoms with Crippen molar-refractivity contribution >= 4 is 17.7 Å². The number of nitrogens with one attached hydrogen (secondary N) is 1. The fraction of sp³-hybridized carbons (Fsp3) is 0.368. The van der Waals surface area contributed by atoms with Crippen molar-refractivity contribution in [3.8, 4) is 0 Å². The van der Waals surface area contributed by atoms with Crippen molar-refractivity contribution in [3.63, 3.8) is 0 Å². The molecule has 2 heterocycles. The minimum absolute atomic E-state index is 0.0636. The molecule has 2 aromatic rings. The molecule has 1 aromatic heterocycles. The van der Waals surface area contributed by atoms with E-state index in [0.29, 0.717) is 11.1 Å². The third-order valence-corrected chi connectivity index (χ3v) is 4.81. The predicted octanol–water partition coefficient (Wildman–Crippen LogP) is 1.90. The molecule has 3 rings (SSSR count). The zero-order chi connectivity index (χ0) is 19.0. The first-order valence-electron chi connectivity index (χ1n) is 8.54. The Morgan fingerprint density at radius 2 is 1.88 bits per heavy atom. The average molecular weight is 354 g/mol. The van der Waals surface area contributed by atoms with Gasteiger partial charge in [0.05, 0.1) is 23.4 Å². The van der Waals surface area contributed by atoms with E-state index in [1.54, 1.807) is 29.1 Å². The number of carbonyl (C=O) groups excluding carboxylic acids is 3. The third kappa shape index (κ3) is 3.12. The number of benzene rings is 1. The molecule has 1 N–H and O–H groups in total. The normalized spacial score (nSPS) is 14.5. The molecule has 26 heavy (non-hydrogen) atoms. The van der Waals surface area contributed by atoms with Gasteiger partial charge in [-0.25, -0.2) is 0 Å². The van der Waals surface area contributed by atoms with Gasteiger partial charge < -0.3 is 5.32 Å². The molecular formula is C19H22N4O3. The van der Waals surface area contributed by atoms with Crippen molar-refractivity contribution < 1.29 is 14.4 Å². The molecular weight excluding hydrogens is 332 g/mol. The van der Waals surface area contributed by atoms with Crippen molar-refractivity contribution in [2.45, 2.75) is 33.2 Å². The molecule has 7 nitrogen and oxygen atoms in total. The first kappa shape index (κ1) is 17.8. The van der Waals surface area contributed by atoms with E-state index in [4.69, 9.17) is 0 Å². The van der Waals surface area contributed by atoms with Crippen LogP contribution in [0.2, 0.25) is 0 Å². The van der Waals surface area contributed by atoms with Crippen LogP contribution in [0.25, 0.3) is 0 Å². The van der Waals surface area contributed by atoms with E-state index in [-0.39, 0.29) is 36.7 Å². The second-order valence-corrected chi connectivity index (χ2v) is 6.66. The van der Waals surface area contributed by atoms with Crippen LogP contribution in [0, 0.1) is 13.8 Å². The van der Waals surface area contributed by atoms with Gasteiger partial charge in [-0.1, -0.05) is 11.6 Å². The molecule has 0 bridgehead atoms. The summed E-state index contributed by atoms with van der Waals surface area (Å²) < 4.78 is 1.75. The largest absolute Gasteiger partial charge is 0.349 e. The Balaban J connectivity index is 1.61. The van der Waals surface area contributed by atoms with Gasteiger partial charge in [-0.15, -0.1) is 0 Å². The van der Waals surface area contributed by atoms with Gasteiger partial charge in [-0.05, 0) is 32.9 Å². The Kier molecular flexibility index (Phi) is 4.63. The zero-order valence-electron chi connectivity index (χ0n) is 15.4. The van der Waals surface area contributed by atoms with Crippen molar-refractivity contribution in [1.29, 1.82) is 0 Å². The molecule has 0 saturated heterocycles. The molecule has 1 aliphatic heterocycles. The smallest absolute Gasteiger partial charge is 0.261 e. The summed E-state index contributed by atoms with van der Waals surface area (Å²) in [5.74, 6) is -0.889. The number of aryl methyl sites for hydroxylation is 2. The van der Waals surface area contributed by atoms with E-state index in [9.17, 15) is 14.4 Å². The van der Waals surface area contributed by atoms with Crippen LogP contribution in [0.1, 0.15) is 56.9 Å². The summed E-state index contributed by atoms with van der Waals surface area (Å²) in [6.07, 6.45) is 1.79. The molecule has 3 amide bonds. The summed E-state index contributed by atoms with van der Waals surface area (Å²) >= 11 is 0. The molecule has 0 saturated carbocycles. The van der Waals surface area contributed by atoms with Crippen LogP contribution in [0.4, 0.5) is 0 Å². The standard InChI is InChI=1S/C19H22N4O3/c1-11-5-6-14-15(9-11)19(26)23(18(14)25)8-7-17(24)21-12(2)16-10-20-22(4)13(16)3/h5-6,9-10,12H,7-8H2,1-4H3,(H,21,24)/t12-/m1/s1. The van der Waals surface area contributed by atoms with E-state index < -0.39 is 0 Å². The monoisotopic (exact) mass is 354 g/mol. The van der Waals surface area contributed by atoms with Crippen molar-refractivity contribution in [3.05, 3.63) is 52.3 Å². The number of rotatable bonds is 5. The Labute approximate surface area is 152 Å². The van der Waals surface area contributed by atoms with Crippen molar-refractivity contribution in [1.82, 2.24) is 20.0 Å². The molecule has 1 aromatic carbocycles. The Hall–Kier alpha value is -2.96. The van der Waals surface area contributed by atoms with Gasteiger partial charge in [0.25, 0.3) is 11.8 Å². The highest BCUT2D eigenvalue weighted by Gasteiger charge is 2.35. The van der Waals surface area contributed by atoms with Crippen LogP contribution in [-0.2, 0) is 11.8 Å². The second kappa shape index (κ2) is 6.74. The molecule has 1 aliphatic rings. The van der Waals surface area contributed by atoms with Crippen LogP contribution in [0.3, 0.4) is 0 Å². The third-order valence-electron chi connectivity index (χ3n) is 4.81. The first-order valence-corrected chi connectivity index (χ1v) is 8.54. The predicted molar refractivity (Wildman–Crippen MR) is 95.7 cm³/mol. The Morgan fingerprint density at radius 1 is 1.19 bits per heavy atom. The zero-order valence-corrected chi connectivity index (χ0v) is 15.4. The van der Waals surface area contributed by atoms with Gasteiger partial charge in [-0.2, -0.15) is 5.10 Å². The molecule has 0 aliphatic carbocycles. The lowest BCUT2D eigenvalue weighted by Crippen LogP contribution is -2.35. The number of nitrogens with zero attached hydrogens (tertiary/aromatic N) is 3. The molecule has 1 atom stereocenters. The molecule has 136 valence electrons. The van der Waals surface area contributed by atoms with E-state index in [2.05, 4.69) is 10.4 Å². The summed E-state index contributed by atoms with van der Waals surface area (Å²) in [5, 5.41) is 7.06. The molecule has 0 spiro atoms. The molecule has 7 heteroatoms. The molecule has 0 unspecified atom stereocenters. The summed E-state index contributed by atoms with van der Waals surface area (Å²) in [5.41, 5.74) is 3.66. The van der Waals surface area contributed by atoms with E-state index in [1.165, 1.54) is 0 Å². The van der Waals surface area contributed by atoms with E-state index in [0.717, 1.165) is 21.7 Å². The number of hydrogen-bond donors (Lipinski definition) is 1. The summed E-state index contributed by atoms with van der Waals surface area (Å²) in [6.45, 7) is 5.75. The van der Waals surface area contributed by atoms with Crippen LogP contribution in [0.15, 0.2) is 24.4 Å². The number of amides is 3. The lowest BCUT2D eigenvalue weighted by Gasteiger charge is -2.16. The minimum Gasteiger partial charge on any atom is -0.349 e. The van der Waals surface area contributed by atoms with Crippen LogP contribution in [0.5, 0.6) is 0 Å². The fourth-order valence-electron chi connectivity index (χ4n) is 3.15. The summed E-state index contributed by atoms with van der Waals surface area (Å²) in [6, 6.07) is 4.99. The SMILES string of the molecule is Cc1ccc2c(c1)C(=O)N(CCC(=O)N[C@H](C)c1cnn(C)c1C)C2=O. The number of hydrogen-bond acceptors (Lipinski definition) is 4. The van der Waals surface area contributed by atoms with E-state index >= 15 is 0 Å².